The van der Waals surface area contributed by atoms with Gasteiger partial charge in [-0.05, 0) is 5.92 Å². The lowest BCUT2D eigenvalue weighted by atomic mass is 9.28. The van der Waals surface area contributed by atoms with Gasteiger partial charge in [0.25, 0.3) is 0 Å². The second-order valence-electron chi connectivity index (χ2n) is 3.45. The summed E-state index contributed by atoms with van der Waals surface area (Å²) in [7, 11) is 2.52. The van der Waals surface area contributed by atoms with E-state index in [2.05, 4.69) is 14.2 Å². The third-order valence-corrected chi connectivity index (χ3v) is 2.72. The Morgan fingerprint density at radius 2 is 2.12 bits per heavy atom. The molecule has 0 aromatic heterocycles. The van der Waals surface area contributed by atoms with E-state index >= 15 is 0 Å². The first-order chi connectivity index (χ1) is 3.85. The summed E-state index contributed by atoms with van der Waals surface area (Å²) in [5.74, 6) is 1.15. The maximum Gasteiger partial charge on any atom is 0.117 e. The molecule has 0 N–H and O–H groups in total. The first-order valence-corrected chi connectivity index (χ1v) is 3.69. The van der Waals surface area contributed by atoms with Gasteiger partial charge in [0, 0.05) is 0 Å². The molecule has 0 heterocycles. The Morgan fingerprint density at radius 3 is 2.25 bits per heavy atom. The summed E-state index contributed by atoms with van der Waals surface area (Å²) in [6, 6.07) is 0. The van der Waals surface area contributed by atoms with Gasteiger partial charge in [0.2, 0.25) is 0 Å². The average molecular weight is 107 g/mol. The standard InChI is InChI=1S/C7H12B/c1-2-8-7-3-6(4-7)5-7/h6H,2-5H2,1H3. The van der Waals surface area contributed by atoms with Crippen LogP contribution in [-0.4, -0.2) is 7.28 Å². The van der Waals surface area contributed by atoms with E-state index in [9.17, 15) is 0 Å². The van der Waals surface area contributed by atoms with Crippen LogP contribution in [0.4, 0.5) is 0 Å². The Kier molecular flexibility index (Phi) is 0.804. The maximum absolute atomic E-state index is 2.52. The number of rotatable bonds is 2. The zero-order valence-electron chi connectivity index (χ0n) is 5.48. The molecule has 3 fully saturated rings. The minimum atomic E-state index is 0.791. The molecule has 3 rings (SSSR count). The van der Waals surface area contributed by atoms with Gasteiger partial charge in [0.15, 0.2) is 0 Å². The predicted octanol–water partition coefficient (Wildman–Crippen LogP) is 2.10. The van der Waals surface area contributed by atoms with Crippen molar-refractivity contribution in [3.05, 3.63) is 0 Å². The van der Waals surface area contributed by atoms with Crippen molar-refractivity contribution in [2.75, 3.05) is 0 Å². The normalized spacial score (nSPS) is 49.4. The lowest BCUT2D eigenvalue weighted by molar-refractivity contribution is 0.0374. The summed E-state index contributed by atoms with van der Waals surface area (Å²) in [6.45, 7) is 2.25. The van der Waals surface area contributed by atoms with Crippen LogP contribution >= 0.6 is 0 Å². The SMILES string of the molecule is CC[B]C12CC(C1)C2. The van der Waals surface area contributed by atoms with E-state index in [0.717, 1.165) is 11.2 Å². The van der Waals surface area contributed by atoms with E-state index in [0.29, 0.717) is 0 Å². The van der Waals surface area contributed by atoms with Gasteiger partial charge in [-0.25, -0.2) is 0 Å². The summed E-state index contributed by atoms with van der Waals surface area (Å²) in [5.41, 5.74) is 0. The Hall–Kier alpha value is 0.0649. The minimum absolute atomic E-state index is 0.791. The molecule has 0 spiro atoms. The van der Waals surface area contributed by atoms with Crippen LogP contribution in [0.5, 0.6) is 0 Å². The van der Waals surface area contributed by atoms with Gasteiger partial charge in [-0.2, -0.15) is 0 Å². The Balaban J connectivity index is 1.87. The topological polar surface area (TPSA) is 0 Å². The molecule has 0 unspecified atom stereocenters. The molecular formula is C7H12B. The molecule has 0 saturated heterocycles. The summed E-state index contributed by atoms with van der Waals surface area (Å²) in [5, 5.41) is 0.791. The Morgan fingerprint density at radius 1 is 1.50 bits per heavy atom. The lowest BCUT2D eigenvalue weighted by Gasteiger charge is -2.62. The van der Waals surface area contributed by atoms with Gasteiger partial charge in [-0.3, -0.25) is 0 Å². The molecule has 3 aliphatic carbocycles. The molecule has 1 heteroatoms. The third-order valence-electron chi connectivity index (χ3n) is 2.72. The van der Waals surface area contributed by atoms with Crippen molar-refractivity contribution < 1.29 is 0 Å². The van der Waals surface area contributed by atoms with E-state index in [-0.39, 0.29) is 0 Å². The number of hydrogen-bond acceptors (Lipinski definition) is 0. The van der Waals surface area contributed by atoms with Crippen molar-refractivity contribution in [2.45, 2.75) is 37.8 Å². The van der Waals surface area contributed by atoms with E-state index in [1.54, 1.807) is 0 Å². The van der Waals surface area contributed by atoms with Crippen LogP contribution in [0, 0.1) is 5.92 Å². The van der Waals surface area contributed by atoms with Crippen molar-refractivity contribution in [1.29, 1.82) is 0 Å². The third kappa shape index (κ3) is 0.428. The number of hydrogen-bond donors (Lipinski definition) is 0. The predicted molar refractivity (Wildman–Crippen MR) is 36.3 cm³/mol. The molecule has 0 atom stereocenters. The Bertz CT molecular complexity index is 91.9. The largest absolute Gasteiger partial charge is 0.117 e. The van der Waals surface area contributed by atoms with Crippen LogP contribution in [0.25, 0.3) is 0 Å². The van der Waals surface area contributed by atoms with Crippen molar-refractivity contribution in [3.63, 3.8) is 0 Å². The zero-order valence-corrected chi connectivity index (χ0v) is 5.48. The summed E-state index contributed by atoms with van der Waals surface area (Å²) < 4.78 is 0. The maximum atomic E-state index is 2.52. The van der Waals surface area contributed by atoms with Gasteiger partial charge in [0.1, 0.15) is 7.28 Å². The van der Waals surface area contributed by atoms with Crippen molar-refractivity contribution in [1.82, 2.24) is 0 Å². The first-order valence-electron chi connectivity index (χ1n) is 3.69. The monoisotopic (exact) mass is 107 g/mol. The molecule has 43 valence electrons. The summed E-state index contributed by atoms with van der Waals surface area (Å²) in [6.07, 6.45) is 5.87. The highest BCUT2D eigenvalue weighted by Crippen LogP contribution is 2.70. The molecule has 0 aromatic carbocycles. The molecular weight excluding hydrogens is 94.9 g/mol. The highest BCUT2D eigenvalue weighted by molar-refractivity contribution is 6.41. The summed E-state index contributed by atoms with van der Waals surface area (Å²) >= 11 is 0. The van der Waals surface area contributed by atoms with Gasteiger partial charge >= 0.3 is 0 Å². The highest BCUT2D eigenvalue weighted by Gasteiger charge is 2.54. The Labute approximate surface area is 51.9 Å². The molecule has 0 nitrogen and oxygen atoms in total. The highest BCUT2D eigenvalue weighted by atomic mass is 14.5. The van der Waals surface area contributed by atoms with Crippen LogP contribution in [0.3, 0.4) is 0 Å². The van der Waals surface area contributed by atoms with Crippen LogP contribution in [0.2, 0.25) is 11.6 Å². The average Bonchev–Trinajstić information content (AvgIpc) is 1.50. The van der Waals surface area contributed by atoms with Crippen molar-refractivity contribution in [2.24, 2.45) is 5.92 Å². The quantitative estimate of drug-likeness (QED) is 0.474. The smallest absolute Gasteiger partial charge is 0.0824 e. The van der Waals surface area contributed by atoms with E-state index in [1.165, 1.54) is 25.6 Å². The van der Waals surface area contributed by atoms with Gasteiger partial charge < -0.3 is 0 Å². The second-order valence-corrected chi connectivity index (χ2v) is 3.45. The van der Waals surface area contributed by atoms with E-state index < -0.39 is 0 Å². The molecule has 3 aliphatic rings. The fourth-order valence-corrected chi connectivity index (χ4v) is 2.23. The molecule has 0 aliphatic heterocycles. The lowest BCUT2D eigenvalue weighted by Crippen LogP contribution is -2.49. The van der Waals surface area contributed by atoms with E-state index in [4.69, 9.17) is 0 Å². The van der Waals surface area contributed by atoms with Crippen LogP contribution in [0.15, 0.2) is 0 Å². The molecule has 1 radical (unpaired) electrons. The van der Waals surface area contributed by atoms with Crippen LogP contribution in [-0.2, 0) is 0 Å². The van der Waals surface area contributed by atoms with Gasteiger partial charge in [-0.1, -0.05) is 37.8 Å². The molecule has 8 heavy (non-hydrogen) atoms. The van der Waals surface area contributed by atoms with Gasteiger partial charge in [0.05, 0.1) is 0 Å². The molecule has 3 saturated carbocycles. The molecule has 2 bridgehead atoms. The fraction of sp³-hybridized carbons (Fsp3) is 1.00. The van der Waals surface area contributed by atoms with Crippen LogP contribution in [0.1, 0.15) is 26.2 Å². The fourth-order valence-electron chi connectivity index (χ4n) is 2.23. The first kappa shape index (κ1) is 4.90. The summed E-state index contributed by atoms with van der Waals surface area (Å²) in [4.78, 5) is 0. The van der Waals surface area contributed by atoms with Crippen molar-refractivity contribution >= 4 is 7.28 Å². The van der Waals surface area contributed by atoms with Gasteiger partial charge in [-0.15, -0.1) is 0 Å². The molecule has 0 aromatic rings. The minimum Gasteiger partial charge on any atom is -0.0824 e. The van der Waals surface area contributed by atoms with Crippen molar-refractivity contribution in [3.8, 4) is 0 Å². The van der Waals surface area contributed by atoms with E-state index in [1.807, 2.05) is 0 Å². The second kappa shape index (κ2) is 1.31. The molecule has 0 amide bonds. The zero-order chi connectivity index (χ0) is 5.61. The van der Waals surface area contributed by atoms with Crippen LogP contribution < -0.4 is 0 Å².